The van der Waals surface area contributed by atoms with Crippen LogP contribution in [-0.2, 0) is 6.54 Å². The SMILES string of the molecule is COc1ncnc(NCc2ccncn2)c1[N+](=O)[O-]. The van der Waals surface area contributed by atoms with Crippen molar-refractivity contribution in [2.45, 2.75) is 6.54 Å². The highest BCUT2D eigenvalue weighted by atomic mass is 16.6. The lowest BCUT2D eigenvalue weighted by Gasteiger charge is -2.07. The maximum Gasteiger partial charge on any atom is 0.372 e. The van der Waals surface area contributed by atoms with E-state index < -0.39 is 4.92 Å². The minimum absolute atomic E-state index is 0.0791. The summed E-state index contributed by atoms with van der Waals surface area (Å²) in [6.45, 7) is 0.281. The number of rotatable bonds is 5. The fourth-order valence-electron chi connectivity index (χ4n) is 1.40. The van der Waals surface area contributed by atoms with E-state index in [1.165, 1.54) is 19.8 Å². The normalized spacial score (nSPS) is 9.95. The first kappa shape index (κ1) is 12.6. The molecule has 2 rings (SSSR count). The molecular weight excluding hydrogens is 252 g/mol. The molecule has 0 aromatic carbocycles. The predicted octanol–water partition coefficient (Wildman–Crippen LogP) is 0.795. The van der Waals surface area contributed by atoms with Gasteiger partial charge in [-0.15, -0.1) is 0 Å². The molecule has 0 spiro atoms. The number of anilines is 1. The summed E-state index contributed by atoms with van der Waals surface area (Å²) in [7, 11) is 1.31. The Balaban J connectivity index is 2.23. The summed E-state index contributed by atoms with van der Waals surface area (Å²) in [6.07, 6.45) is 4.17. The highest BCUT2D eigenvalue weighted by Crippen LogP contribution is 2.30. The van der Waals surface area contributed by atoms with E-state index in [0.29, 0.717) is 5.69 Å². The highest BCUT2D eigenvalue weighted by Gasteiger charge is 2.23. The number of aromatic nitrogens is 4. The molecule has 98 valence electrons. The third-order valence-corrected chi connectivity index (χ3v) is 2.24. The first-order valence-electron chi connectivity index (χ1n) is 5.24. The first-order chi connectivity index (χ1) is 9.22. The van der Waals surface area contributed by atoms with Crippen molar-refractivity contribution in [3.8, 4) is 5.88 Å². The Morgan fingerprint density at radius 1 is 1.37 bits per heavy atom. The molecule has 0 atom stereocenters. The summed E-state index contributed by atoms with van der Waals surface area (Å²) in [4.78, 5) is 25.7. The Morgan fingerprint density at radius 2 is 2.21 bits per heavy atom. The second-order valence-corrected chi connectivity index (χ2v) is 3.39. The maximum atomic E-state index is 11.0. The standard InChI is InChI=1S/C10H10N6O3/c1-19-10-8(16(17)18)9(14-6-15-10)12-4-7-2-3-11-5-13-7/h2-3,5-6H,4H2,1H3,(H,12,14,15). The highest BCUT2D eigenvalue weighted by molar-refractivity contribution is 5.61. The zero-order chi connectivity index (χ0) is 13.7. The summed E-state index contributed by atoms with van der Waals surface area (Å²) in [6, 6.07) is 1.69. The Kier molecular flexibility index (Phi) is 3.76. The van der Waals surface area contributed by atoms with Crippen LogP contribution in [0.5, 0.6) is 5.88 Å². The molecule has 0 aliphatic carbocycles. The quantitative estimate of drug-likeness (QED) is 0.621. The molecule has 2 heterocycles. The number of nitrogens with zero attached hydrogens (tertiary/aromatic N) is 5. The van der Waals surface area contributed by atoms with Crippen LogP contribution in [-0.4, -0.2) is 32.0 Å². The predicted molar refractivity (Wildman–Crippen MR) is 64.6 cm³/mol. The van der Waals surface area contributed by atoms with Gasteiger partial charge in [-0.1, -0.05) is 0 Å². The molecule has 9 nitrogen and oxygen atoms in total. The number of hydrogen-bond acceptors (Lipinski definition) is 8. The van der Waals surface area contributed by atoms with Crippen LogP contribution in [0.3, 0.4) is 0 Å². The smallest absolute Gasteiger partial charge is 0.372 e. The maximum absolute atomic E-state index is 11.0. The van der Waals surface area contributed by atoms with E-state index >= 15 is 0 Å². The Bertz CT molecular complexity index is 577. The summed E-state index contributed by atoms with van der Waals surface area (Å²) >= 11 is 0. The summed E-state index contributed by atoms with van der Waals surface area (Å²) < 4.78 is 4.84. The van der Waals surface area contributed by atoms with Crippen molar-refractivity contribution < 1.29 is 9.66 Å². The Labute approximate surface area is 107 Å². The van der Waals surface area contributed by atoms with Crippen LogP contribution in [0.4, 0.5) is 11.5 Å². The molecule has 0 amide bonds. The van der Waals surface area contributed by atoms with Crippen molar-refractivity contribution in [1.82, 2.24) is 19.9 Å². The van der Waals surface area contributed by atoms with Crippen LogP contribution in [0.15, 0.2) is 24.9 Å². The first-order valence-corrected chi connectivity index (χ1v) is 5.24. The summed E-state index contributed by atoms with van der Waals surface area (Å²) in [5.41, 5.74) is 0.376. The average Bonchev–Trinajstić information content (AvgIpc) is 2.45. The van der Waals surface area contributed by atoms with Crippen molar-refractivity contribution in [3.05, 3.63) is 40.7 Å². The minimum Gasteiger partial charge on any atom is -0.476 e. The van der Waals surface area contributed by atoms with Gasteiger partial charge < -0.3 is 10.1 Å². The lowest BCUT2D eigenvalue weighted by atomic mass is 10.4. The topological polar surface area (TPSA) is 116 Å². The van der Waals surface area contributed by atoms with Gasteiger partial charge in [0.1, 0.15) is 12.7 Å². The number of methoxy groups -OCH3 is 1. The molecule has 0 bridgehead atoms. The zero-order valence-corrected chi connectivity index (χ0v) is 9.98. The van der Waals surface area contributed by atoms with Crippen molar-refractivity contribution in [1.29, 1.82) is 0 Å². The van der Waals surface area contributed by atoms with Gasteiger partial charge in [0.25, 0.3) is 5.88 Å². The van der Waals surface area contributed by atoms with Crippen LogP contribution >= 0.6 is 0 Å². The fourth-order valence-corrected chi connectivity index (χ4v) is 1.40. The van der Waals surface area contributed by atoms with Crippen LogP contribution < -0.4 is 10.1 Å². The van der Waals surface area contributed by atoms with E-state index in [-0.39, 0.29) is 23.9 Å². The van der Waals surface area contributed by atoms with Gasteiger partial charge in [-0.2, -0.15) is 4.98 Å². The van der Waals surface area contributed by atoms with E-state index in [0.717, 1.165) is 0 Å². The number of hydrogen-bond donors (Lipinski definition) is 1. The lowest BCUT2D eigenvalue weighted by molar-refractivity contribution is -0.385. The van der Waals surface area contributed by atoms with Crippen molar-refractivity contribution >= 4 is 11.5 Å². The van der Waals surface area contributed by atoms with Crippen LogP contribution in [0.1, 0.15) is 5.69 Å². The van der Waals surface area contributed by atoms with Gasteiger partial charge in [0, 0.05) is 6.20 Å². The molecule has 19 heavy (non-hydrogen) atoms. The molecule has 0 aliphatic rings. The van der Waals surface area contributed by atoms with E-state index in [9.17, 15) is 10.1 Å². The largest absolute Gasteiger partial charge is 0.476 e. The van der Waals surface area contributed by atoms with E-state index in [4.69, 9.17) is 4.74 Å². The van der Waals surface area contributed by atoms with Crippen molar-refractivity contribution in [2.75, 3.05) is 12.4 Å². The molecule has 0 fully saturated rings. The molecular formula is C10H10N6O3. The second kappa shape index (κ2) is 5.67. The van der Waals surface area contributed by atoms with Crippen LogP contribution in [0.25, 0.3) is 0 Å². The third kappa shape index (κ3) is 2.89. The van der Waals surface area contributed by atoms with Gasteiger partial charge in [0.2, 0.25) is 5.82 Å². The van der Waals surface area contributed by atoms with Crippen LogP contribution in [0, 0.1) is 10.1 Å². The van der Waals surface area contributed by atoms with Gasteiger partial charge >= 0.3 is 5.69 Å². The molecule has 0 unspecified atom stereocenters. The Morgan fingerprint density at radius 3 is 2.84 bits per heavy atom. The molecule has 0 radical (unpaired) electrons. The fraction of sp³-hybridized carbons (Fsp3) is 0.200. The number of ether oxygens (including phenoxy) is 1. The monoisotopic (exact) mass is 262 g/mol. The second-order valence-electron chi connectivity index (χ2n) is 3.39. The van der Waals surface area contributed by atoms with Gasteiger partial charge in [-0.3, -0.25) is 10.1 Å². The molecule has 0 aliphatic heterocycles. The number of nitro groups is 1. The van der Waals surface area contributed by atoms with Gasteiger partial charge in [-0.25, -0.2) is 15.0 Å². The molecule has 0 saturated heterocycles. The van der Waals surface area contributed by atoms with E-state index in [1.807, 2.05) is 0 Å². The van der Waals surface area contributed by atoms with Gasteiger partial charge in [0.05, 0.1) is 24.3 Å². The van der Waals surface area contributed by atoms with Crippen LogP contribution in [0.2, 0.25) is 0 Å². The molecule has 2 aromatic heterocycles. The van der Waals surface area contributed by atoms with Gasteiger partial charge in [0.15, 0.2) is 0 Å². The van der Waals surface area contributed by atoms with Crippen molar-refractivity contribution in [2.24, 2.45) is 0 Å². The molecule has 1 N–H and O–H groups in total. The zero-order valence-electron chi connectivity index (χ0n) is 9.98. The third-order valence-electron chi connectivity index (χ3n) is 2.24. The lowest BCUT2D eigenvalue weighted by Crippen LogP contribution is -2.07. The molecule has 9 heteroatoms. The average molecular weight is 262 g/mol. The molecule has 0 saturated carbocycles. The Hall–Kier alpha value is -2.84. The summed E-state index contributed by atoms with van der Waals surface area (Å²) in [5.74, 6) is -0.0133. The minimum atomic E-state index is -0.596. The van der Waals surface area contributed by atoms with Gasteiger partial charge in [-0.05, 0) is 6.07 Å². The van der Waals surface area contributed by atoms with E-state index in [2.05, 4.69) is 25.3 Å². The van der Waals surface area contributed by atoms with E-state index in [1.54, 1.807) is 12.3 Å². The summed E-state index contributed by atoms with van der Waals surface area (Å²) in [5, 5.41) is 13.8. The number of nitrogens with one attached hydrogen (secondary N) is 1. The molecule has 2 aromatic rings. The van der Waals surface area contributed by atoms with Crippen molar-refractivity contribution in [3.63, 3.8) is 0 Å².